The summed E-state index contributed by atoms with van der Waals surface area (Å²) in [6, 6.07) is 3.99. The van der Waals surface area contributed by atoms with E-state index >= 15 is 0 Å². The first kappa shape index (κ1) is 14.0. The molecule has 102 valence electrons. The maximum atomic E-state index is 12.2. The Labute approximate surface area is 113 Å². The Morgan fingerprint density at radius 3 is 3.06 bits per heavy atom. The Kier molecular flexibility index (Phi) is 4.77. The van der Waals surface area contributed by atoms with Crippen LogP contribution < -0.4 is 10.0 Å². The van der Waals surface area contributed by atoms with Gasteiger partial charge in [-0.25, -0.2) is 13.1 Å². The van der Waals surface area contributed by atoms with E-state index in [-0.39, 0.29) is 11.3 Å². The van der Waals surface area contributed by atoms with Crippen molar-refractivity contribution in [2.24, 2.45) is 0 Å². The Hall–Kier alpha value is -0.430. The first-order chi connectivity index (χ1) is 8.58. The molecule has 0 aromatic carbocycles. The molecule has 0 bridgehead atoms. The third kappa shape index (κ3) is 3.78. The largest absolute Gasteiger partial charge is 0.315 e. The second-order valence-electron chi connectivity index (χ2n) is 4.82. The van der Waals surface area contributed by atoms with E-state index in [2.05, 4.69) is 10.0 Å². The normalized spacial score (nSPS) is 22.8. The monoisotopic (exact) mass is 288 g/mol. The summed E-state index contributed by atoms with van der Waals surface area (Å²) in [5.74, 6) is 0. The summed E-state index contributed by atoms with van der Waals surface area (Å²) in [6.07, 6.45) is 2.45. The summed E-state index contributed by atoms with van der Waals surface area (Å²) in [5, 5.41) is 4.88. The molecule has 2 rings (SSSR count). The van der Waals surface area contributed by atoms with Gasteiger partial charge in [-0.2, -0.15) is 0 Å². The minimum atomic E-state index is -3.19. The average molecular weight is 288 g/mol. The van der Waals surface area contributed by atoms with Gasteiger partial charge in [0.05, 0.1) is 5.25 Å². The number of sulfonamides is 1. The van der Waals surface area contributed by atoms with E-state index in [1.807, 2.05) is 24.4 Å². The molecule has 0 saturated carbocycles. The van der Waals surface area contributed by atoms with E-state index in [4.69, 9.17) is 0 Å². The lowest BCUT2D eigenvalue weighted by molar-refractivity contribution is 0.483. The molecule has 0 spiro atoms. The van der Waals surface area contributed by atoms with Crippen LogP contribution in [0.25, 0.3) is 0 Å². The van der Waals surface area contributed by atoms with Gasteiger partial charge in [-0.15, -0.1) is 11.3 Å². The number of piperidine rings is 1. The fraction of sp³-hybridized carbons (Fsp3) is 0.667. The number of rotatable bonds is 5. The second-order valence-corrected chi connectivity index (χ2v) is 7.84. The van der Waals surface area contributed by atoms with Crippen LogP contribution in [-0.2, 0) is 16.4 Å². The zero-order valence-corrected chi connectivity index (χ0v) is 12.2. The van der Waals surface area contributed by atoms with Crippen molar-refractivity contribution in [3.63, 3.8) is 0 Å². The van der Waals surface area contributed by atoms with Gasteiger partial charge in [0.15, 0.2) is 0 Å². The summed E-state index contributed by atoms with van der Waals surface area (Å²) in [6.45, 7) is 3.42. The van der Waals surface area contributed by atoms with Crippen LogP contribution in [0.2, 0.25) is 0 Å². The van der Waals surface area contributed by atoms with Crippen molar-refractivity contribution in [3.8, 4) is 0 Å². The van der Waals surface area contributed by atoms with Crippen molar-refractivity contribution in [1.29, 1.82) is 0 Å². The molecule has 4 nitrogen and oxygen atoms in total. The molecular formula is C12H20N2O2S2. The van der Waals surface area contributed by atoms with Crippen LogP contribution in [0.5, 0.6) is 0 Å². The quantitative estimate of drug-likeness (QED) is 0.860. The van der Waals surface area contributed by atoms with Gasteiger partial charge in [0.25, 0.3) is 0 Å². The van der Waals surface area contributed by atoms with Gasteiger partial charge in [0, 0.05) is 17.5 Å². The summed E-state index contributed by atoms with van der Waals surface area (Å²) in [4.78, 5) is 1.21. The Balaban J connectivity index is 1.90. The molecule has 1 saturated heterocycles. The molecule has 2 N–H and O–H groups in total. The highest BCUT2D eigenvalue weighted by atomic mass is 32.2. The summed E-state index contributed by atoms with van der Waals surface area (Å²) >= 11 is 1.67. The summed E-state index contributed by atoms with van der Waals surface area (Å²) < 4.78 is 27.2. The molecule has 1 aromatic rings. The third-order valence-electron chi connectivity index (χ3n) is 3.14. The number of hydrogen-bond acceptors (Lipinski definition) is 4. The lowest BCUT2D eigenvalue weighted by atomic mass is 10.2. The van der Waals surface area contributed by atoms with E-state index < -0.39 is 10.0 Å². The third-order valence-corrected chi connectivity index (χ3v) is 6.05. The van der Waals surface area contributed by atoms with E-state index in [1.54, 1.807) is 11.3 Å². The molecule has 0 aliphatic carbocycles. The fourth-order valence-electron chi connectivity index (χ4n) is 2.23. The second kappa shape index (κ2) is 6.14. The molecule has 2 heterocycles. The average Bonchev–Trinajstić information content (AvgIpc) is 2.82. The van der Waals surface area contributed by atoms with Crippen molar-refractivity contribution in [1.82, 2.24) is 10.0 Å². The highest BCUT2D eigenvalue weighted by Crippen LogP contribution is 2.14. The standard InChI is InChI=1S/C12H20N2O2S2/c1-10(8-11-4-3-7-17-11)14-18(15,16)12-5-2-6-13-9-12/h3-4,7,10,12-14H,2,5-6,8-9H2,1H3. The molecule has 18 heavy (non-hydrogen) atoms. The number of thiophene rings is 1. The SMILES string of the molecule is CC(Cc1cccs1)NS(=O)(=O)C1CCCNC1. The van der Waals surface area contributed by atoms with Crippen molar-refractivity contribution in [3.05, 3.63) is 22.4 Å². The Morgan fingerprint density at radius 1 is 1.61 bits per heavy atom. The van der Waals surface area contributed by atoms with E-state index in [0.29, 0.717) is 6.54 Å². The molecule has 1 aliphatic heterocycles. The predicted octanol–water partition coefficient (Wildman–Crippen LogP) is 1.35. The predicted molar refractivity (Wildman–Crippen MR) is 75.4 cm³/mol. The van der Waals surface area contributed by atoms with Gasteiger partial charge >= 0.3 is 0 Å². The van der Waals surface area contributed by atoms with Crippen molar-refractivity contribution in [2.75, 3.05) is 13.1 Å². The zero-order chi connectivity index (χ0) is 13.0. The molecule has 2 atom stereocenters. The van der Waals surface area contributed by atoms with Crippen molar-refractivity contribution < 1.29 is 8.42 Å². The Bertz CT molecular complexity index is 450. The molecular weight excluding hydrogens is 268 g/mol. The molecule has 1 aliphatic rings. The van der Waals surface area contributed by atoms with E-state index in [9.17, 15) is 8.42 Å². The van der Waals surface area contributed by atoms with Crippen LogP contribution >= 0.6 is 11.3 Å². The maximum Gasteiger partial charge on any atom is 0.215 e. The van der Waals surface area contributed by atoms with E-state index in [1.165, 1.54) is 4.88 Å². The molecule has 0 radical (unpaired) electrons. The Morgan fingerprint density at radius 2 is 2.44 bits per heavy atom. The molecule has 0 amide bonds. The summed E-state index contributed by atoms with van der Waals surface area (Å²) in [7, 11) is -3.19. The lowest BCUT2D eigenvalue weighted by Crippen LogP contribution is -2.47. The van der Waals surface area contributed by atoms with Gasteiger partial charge in [-0.3, -0.25) is 0 Å². The van der Waals surface area contributed by atoms with Crippen molar-refractivity contribution >= 4 is 21.4 Å². The lowest BCUT2D eigenvalue weighted by Gasteiger charge is -2.24. The smallest absolute Gasteiger partial charge is 0.215 e. The summed E-state index contributed by atoms with van der Waals surface area (Å²) in [5.41, 5.74) is 0. The van der Waals surface area contributed by atoms with Gasteiger partial charge in [0.1, 0.15) is 0 Å². The first-order valence-electron chi connectivity index (χ1n) is 6.32. The molecule has 2 unspecified atom stereocenters. The zero-order valence-electron chi connectivity index (χ0n) is 10.6. The van der Waals surface area contributed by atoms with Crippen LogP contribution in [0.1, 0.15) is 24.6 Å². The van der Waals surface area contributed by atoms with Crippen LogP contribution in [0.4, 0.5) is 0 Å². The molecule has 6 heteroatoms. The highest BCUT2D eigenvalue weighted by Gasteiger charge is 2.28. The van der Waals surface area contributed by atoms with Crippen LogP contribution in [0.3, 0.4) is 0 Å². The minimum absolute atomic E-state index is 0.0458. The van der Waals surface area contributed by atoms with Crippen molar-refractivity contribution in [2.45, 2.75) is 37.5 Å². The first-order valence-corrected chi connectivity index (χ1v) is 8.75. The topological polar surface area (TPSA) is 58.2 Å². The maximum absolute atomic E-state index is 12.2. The van der Waals surface area contributed by atoms with Gasteiger partial charge in [-0.05, 0) is 44.2 Å². The molecule has 1 aromatic heterocycles. The van der Waals surface area contributed by atoms with Gasteiger partial charge < -0.3 is 5.32 Å². The highest BCUT2D eigenvalue weighted by molar-refractivity contribution is 7.90. The van der Waals surface area contributed by atoms with E-state index in [0.717, 1.165) is 25.8 Å². The van der Waals surface area contributed by atoms with Crippen LogP contribution in [0, 0.1) is 0 Å². The number of hydrogen-bond donors (Lipinski definition) is 2. The number of nitrogens with one attached hydrogen (secondary N) is 2. The van der Waals surface area contributed by atoms with Crippen LogP contribution in [0.15, 0.2) is 17.5 Å². The fourth-order valence-corrected chi connectivity index (χ4v) is 4.72. The van der Waals surface area contributed by atoms with Crippen LogP contribution in [-0.4, -0.2) is 32.8 Å². The van der Waals surface area contributed by atoms with Gasteiger partial charge in [0.2, 0.25) is 10.0 Å². The molecule has 1 fully saturated rings. The minimum Gasteiger partial charge on any atom is -0.315 e. The van der Waals surface area contributed by atoms with Gasteiger partial charge in [-0.1, -0.05) is 6.07 Å².